The molecule has 120 valence electrons. The number of nitrogens with zero attached hydrogens (tertiary/aromatic N) is 1. The lowest BCUT2D eigenvalue weighted by atomic mass is 10.1. The van der Waals surface area contributed by atoms with Crippen LogP contribution in [0.5, 0.6) is 0 Å². The van der Waals surface area contributed by atoms with E-state index in [1.54, 1.807) is 23.1 Å². The second-order valence-electron chi connectivity index (χ2n) is 5.28. The molecule has 1 heterocycles. The van der Waals surface area contributed by atoms with Gasteiger partial charge in [0.25, 0.3) is 0 Å². The number of carbonyl (C=O) groups excluding carboxylic acids is 1. The molecule has 1 fully saturated rings. The largest absolute Gasteiger partial charge is 0.370 e. The second-order valence-corrected chi connectivity index (χ2v) is 6.09. The van der Waals surface area contributed by atoms with E-state index in [0.29, 0.717) is 35.4 Å². The molecule has 0 aliphatic carbocycles. The zero-order valence-electron chi connectivity index (χ0n) is 12.3. The van der Waals surface area contributed by atoms with Crippen LogP contribution in [0.25, 0.3) is 0 Å². The SMILES string of the molecule is O=C(Nc1ccc(Cl)c(Cl)c1)N1CCOC(c2ccccc2)C1. The molecule has 1 atom stereocenters. The molecule has 1 aliphatic rings. The van der Waals surface area contributed by atoms with Gasteiger partial charge in [0.1, 0.15) is 6.10 Å². The van der Waals surface area contributed by atoms with E-state index in [9.17, 15) is 4.79 Å². The maximum atomic E-state index is 12.4. The monoisotopic (exact) mass is 350 g/mol. The predicted octanol–water partition coefficient (Wildman–Crippen LogP) is 4.60. The molecule has 23 heavy (non-hydrogen) atoms. The maximum Gasteiger partial charge on any atom is 0.322 e. The van der Waals surface area contributed by atoms with Crippen molar-refractivity contribution in [3.8, 4) is 0 Å². The summed E-state index contributed by atoms with van der Waals surface area (Å²) in [4.78, 5) is 14.2. The Labute approximate surface area is 144 Å². The Morgan fingerprint density at radius 1 is 1.13 bits per heavy atom. The minimum absolute atomic E-state index is 0.107. The number of morpholine rings is 1. The minimum atomic E-state index is -0.173. The quantitative estimate of drug-likeness (QED) is 0.859. The highest BCUT2D eigenvalue weighted by Gasteiger charge is 2.25. The molecule has 0 saturated carbocycles. The summed E-state index contributed by atoms with van der Waals surface area (Å²) < 4.78 is 5.77. The van der Waals surface area contributed by atoms with E-state index in [-0.39, 0.29) is 12.1 Å². The van der Waals surface area contributed by atoms with Crippen molar-refractivity contribution >= 4 is 34.9 Å². The van der Waals surface area contributed by atoms with Gasteiger partial charge in [0.15, 0.2) is 0 Å². The third-order valence-corrected chi connectivity index (χ3v) is 4.43. The van der Waals surface area contributed by atoms with Gasteiger partial charge in [0.2, 0.25) is 0 Å². The third-order valence-electron chi connectivity index (χ3n) is 3.70. The van der Waals surface area contributed by atoms with Gasteiger partial charge in [-0.05, 0) is 23.8 Å². The van der Waals surface area contributed by atoms with Crippen LogP contribution in [-0.4, -0.2) is 30.6 Å². The number of rotatable bonds is 2. The van der Waals surface area contributed by atoms with E-state index < -0.39 is 0 Å². The molecule has 0 radical (unpaired) electrons. The van der Waals surface area contributed by atoms with Crippen molar-refractivity contribution in [2.45, 2.75) is 6.10 Å². The van der Waals surface area contributed by atoms with Crippen LogP contribution in [0.3, 0.4) is 0 Å². The number of amides is 2. The van der Waals surface area contributed by atoms with Gasteiger partial charge in [-0.3, -0.25) is 0 Å². The van der Waals surface area contributed by atoms with E-state index in [1.807, 2.05) is 30.3 Å². The Morgan fingerprint density at radius 2 is 1.91 bits per heavy atom. The Balaban J connectivity index is 1.66. The van der Waals surface area contributed by atoms with Crippen LogP contribution < -0.4 is 5.32 Å². The summed E-state index contributed by atoms with van der Waals surface area (Å²) in [7, 11) is 0. The molecule has 0 bridgehead atoms. The highest BCUT2D eigenvalue weighted by Crippen LogP contribution is 2.26. The maximum absolute atomic E-state index is 12.4. The predicted molar refractivity (Wildman–Crippen MR) is 92.2 cm³/mol. The van der Waals surface area contributed by atoms with Gasteiger partial charge in [0, 0.05) is 12.2 Å². The first-order valence-corrected chi connectivity index (χ1v) is 8.06. The number of carbonyl (C=O) groups is 1. The molecule has 0 spiro atoms. The molecule has 3 rings (SSSR count). The first-order valence-electron chi connectivity index (χ1n) is 7.31. The molecule has 1 aliphatic heterocycles. The summed E-state index contributed by atoms with van der Waals surface area (Å²) in [6.45, 7) is 1.57. The van der Waals surface area contributed by atoms with Gasteiger partial charge >= 0.3 is 6.03 Å². The van der Waals surface area contributed by atoms with Gasteiger partial charge in [0.05, 0.1) is 23.2 Å². The number of nitrogens with one attached hydrogen (secondary N) is 1. The molecular weight excluding hydrogens is 335 g/mol. The zero-order valence-corrected chi connectivity index (χ0v) is 13.8. The van der Waals surface area contributed by atoms with Crippen molar-refractivity contribution < 1.29 is 9.53 Å². The summed E-state index contributed by atoms with van der Waals surface area (Å²) in [5.74, 6) is 0. The molecule has 1 unspecified atom stereocenters. The summed E-state index contributed by atoms with van der Waals surface area (Å²) >= 11 is 11.9. The van der Waals surface area contributed by atoms with Crippen molar-refractivity contribution in [2.24, 2.45) is 0 Å². The molecule has 1 N–H and O–H groups in total. The van der Waals surface area contributed by atoms with Gasteiger partial charge in [-0.1, -0.05) is 53.5 Å². The topological polar surface area (TPSA) is 41.6 Å². The number of urea groups is 1. The van der Waals surface area contributed by atoms with E-state index >= 15 is 0 Å². The van der Waals surface area contributed by atoms with E-state index in [4.69, 9.17) is 27.9 Å². The van der Waals surface area contributed by atoms with Crippen LogP contribution in [0.1, 0.15) is 11.7 Å². The molecule has 2 aromatic carbocycles. The van der Waals surface area contributed by atoms with Crippen LogP contribution in [0, 0.1) is 0 Å². The Morgan fingerprint density at radius 3 is 2.65 bits per heavy atom. The number of ether oxygens (including phenoxy) is 1. The molecular formula is C17H16Cl2N2O2. The first kappa shape index (κ1) is 16.1. The standard InChI is InChI=1S/C17H16Cl2N2O2/c18-14-7-6-13(10-15(14)19)20-17(22)21-8-9-23-16(11-21)12-4-2-1-3-5-12/h1-7,10,16H,8-9,11H2,(H,20,22). The smallest absolute Gasteiger partial charge is 0.322 e. The first-order chi connectivity index (χ1) is 11.1. The highest BCUT2D eigenvalue weighted by atomic mass is 35.5. The second kappa shape index (κ2) is 7.21. The van der Waals surface area contributed by atoms with Crippen LogP contribution >= 0.6 is 23.2 Å². The van der Waals surface area contributed by atoms with Gasteiger partial charge < -0.3 is 15.0 Å². The summed E-state index contributed by atoms with van der Waals surface area (Å²) in [5, 5.41) is 3.71. The van der Waals surface area contributed by atoms with E-state index in [0.717, 1.165) is 5.56 Å². The number of benzene rings is 2. The number of anilines is 1. The zero-order chi connectivity index (χ0) is 16.2. The molecule has 2 amide bonds. The molecule has 4 nitrogen and oxygen atoms in total. The fourth-order valence-corrected chi connectivity index (χ4v) is 2.78. The number of hydrogen-bond donors (Lipinski definition) is 1. The summed E-state index contributed by atoms with van der Waals surface area (Å²) in [6, 6.07) is 14.7. The van der Waals surface area contributed by atoms with Gasteiger partial charge in [-0.15, -0.1) is 0 Å². The van der Waals surface area contributed by atoms with Gasteiger partial charge in [-0.25, -0.2) is 4.79 Å². The Bertz CT molecular complexity index is 694. The molecule has 1 saturated heterocycles. The van der Waals surface area contributed by atoms with Crippen molar-refractivity contribution in [3.05, 3.63) is 64.1 Å². The van der Waals surface area contributed by atoms with Crippen molar-refractivity contribution in [2.75, 3.05) is 25.0 Å². The third kappa shape index (κ3) is 3.96. The molecule has 2 aromatic rings. The fraction of sp³-hybridized carbons (Fsp3) is 0.235. The van der Waals surface area contributed by atoms with Crippen molar-refractivity contribution in [3.63, 3.8) is 0 Å². The lowest BCUT2D eigenvalue weighted by Crippen LogP contribution is -2.44. The van der Waals surface area contributed by atoms with Crippen LogP contribution in [0.15, 0.2) is 48.5 Å². The Kier molecular flexibility index (Phi) is 5.06. The lowest BCUT2D eigenvalue weighted by Gasteiger charge is -2.33. The normalized spacial score (nSPS) is 17.8. The average molecular weight is 351 g/mol. The lowest BCUT2D eigenvalue weighted by molar-refractivity contribution is -0.0135. The van der Waals surface area contributed by atoms with E-state index in [2.05, 4.69) is 5.32 Å². The Hall–Kier alpha value is -1.75. The average Bonchev–Trinajstić information content (AvgIpc) is 2.59. The highest BCUT2D eigenvalue weighted by molar-refractivity contribution is 6.42. The van der Waals surface area contributed by atoms with E-state index in [1.165, 1.54) is 0 Å². The van der Waals surface area contributed by atoms with Crippen LogP contribution in [0.4, 0.5) is 10.5 Å². The van der Waals surface area contributed by atoms with Crippen LogP contribution in [0.2, 0.25) is 10.0 Å². The minimum Gasteiger partial charge on any atom is -0.370 e. The van der Waals surface area contributed by atoms with Crippen LogP contribution in [-0.2, 0) is 4.74 Å². The van der Waals surface area contributed by atoms with Crippen molar-refractivity contribution in [1.82, 2.24) is 4.90 Å². The summed E-state index contributed by atoms with van der Waals surface area (Å²) in [6.07, 6.45) is -0.107. The summed E-state index contributed by atoms with van der Waals surface area (Å²) in [5.41, 5.74) is 1.69. The van der Waals surface area contributed by atoms with Crippen molar-refractivity contribution in [1.29, 1.82) is 0 Å². The van der Waals surface area contributed by atoms with Gasteiger partial charge in [-0.2, -0.15) is 0 Å². The molecule has 6 heteroatoms. The number of hydrogen-bond acceptors (Lipinski definition) is 2. The molecule has 0 aromatic heterocycles. The number of halogens is 2. The fourth-order valence-electron chi connectivity index (χ4n) is 2.48.